The molecule has 0 aliphatic rings. The molecule has 8 heteroatoms. The Labute approximate surface area is 306 Å². The van der Waals surface area contributed by atoms with Gasteiger partial charge in [0.25, 0.3) is 0 Å². The third kappa shape index (κ3) is 33.3. The van der Waals surface area contributed by atoms with E-state index in [0.717, 1.165) is 109 Å². The predicted octanol–water partition coefficient (Wildman–Crippen LogP) is 9.56. The molecule has 0 radical (unpaired) electrons. The van der Waals surface area contributed by atoms with Crippen molar-refractivity contribution in [3.8, 4) is 0 Å². The van der Waals surface area contributed by atoms with Crippen LogP contribution in [0.1, 0.15) is 124 Å². The Balaban J connectivity index is -0.000000285. The van der Waals surface area contributed by atoms with Gasteiger partial charge in [0.05, 0.1) is 0 Å². The summed E-state index contributed by atoms with van der Waals surface area (Å²) in [5, 5.41) is 15.3. The van der Waals surface area contributed by atoms with Gasteiger partial charge in [-0.1, -0.05) is 83.1 Å². The van der Waals surface area contributed by atoms with Crippen molar-refractivity contribution in [1.29, 1.82) is 0 Å². The van der Waals surface area contributed by atoms with Crippen LogP contribution in [0.25, 0.3) is 10.6 Å². The van der Waals surface area contributed by atoms with Crippen molar-refractivity contribution in [2.75, 3.05) is 78.5 Å². The molecule has 0 heterocycles. The molecule has 0 N–H and O–H groups in total. The van der Waals surface area contributed by atoms with Crippen LogP contribution in [-0.4, -0.2) is 153 Å². The normalized spacial score (nSPS) is 13.5. The van der Waals surface area contributed by atoms with E-state index in [9.17, 15) is 0 Å². The minimum atomic E-state index is 0.578. The summed E-state index contributed by atoms with van der Waals surface area (Å²) in [6, 6.07) is 2.31. The van der Waals surface area contributed by atoms with Crippen LogP contribution in [0, 0.1) is 0 Å². The van der Waals surface area contributed by atoms with Crippen molar-refractivity contribution in [1.82, 2.24) is 19.6 Å². The summed E-state index contributed by atoms with van der Waals surface area (Å²) < 4.78 is 0. The molecular formula is C38H88Al2N6. The van der Waals surface area contributed by atoms with Gasteiger partial charge in [0, 0.05) is 0 Å². The van der Waals surface area contributed by atoms with Crippen LogP contribution in [0.15, 0.2) is 0 Å². The SMILES string of the molecule is CCN(CC)C(C)C[N-]CC(C)N(CC)CC.CCN(CC)C(C)C[N-]CC(C)N(CC)CC.CC[CH2][Al+][CH2]CC.C[CH2][Al+][CH2]C. The zero-order valence-electron chi connectivity index (χ0n) is 34.9. The fourth-order valence-corrected chi connectivity index (χ4v) is 7.27. The summed E-state index contributed by atoms with van der Waals surface area (Å²) in [6.45, 7) is 48.8. The Morgan fingerprint density at radius 1 is 0.370 bits per heavy atom. The molecule has 6 nitrogen and oxygen atoms in total. The van der Waals surface area contributed by atoms with Crippen molar-refractivity contribution in [3.63, 3.8) is 0 Å². The van der Waals surface area contributed by atoms with Crippen molar-refractivity contribution in [2.24, 2.45) is 0 Å². The summed E-state index contributed by atoms with van der Waals surface area (Å²) in [6.07, 6.45) is 2.80. The van der Waals surface area contributed by atoms with Gasteiger partial charge in [-0.05, 0) is 76.5 Å². The van der Waals surface area contributed by atoms with Gasteiger partial charge in [-0.3, -0.25) is 0 Å². The fourth-order valence-electron chi connectivity index (χ4n) is 5.59. The van der Waals surface area contributed by atoms with Crippen LogP contribution < -0.4 is 0 Å². The van der Waals surface area contributed by atoms with E-state index in [1.807, 2.05) is 0 Å². The van der Waals surface area contributed by atoms with Crippen molar-refractivity contribution >= 4 is 30.4 Å². The molecule has 0 bridgehead atoms. The first kappa shape index (κ1) is 53.6. The Kier molecular flexibility index (Phi) is 48.9. The molecule has 0 fully saturated rings. The van der Waals surface area contributed by atoms with E-state index in [2.05, 4.69) is 130 Å². The van der Waals surface area contributed by atoms with Crippen LogP contribution >= 0.6 is 0 Å². The molecule has 276 valence electrons. The summed E-state index contributed by atoms with van der Waals surface area (Å²) in [4.78, 5) is 9.86. The van der Waals surface area contributed by atoms with Gasteiger partial charge in [-0.25, -0.2) is 0 Å². The minimum absolute atomic E-state index is 0.578. The molecule has 0 saturated heterocycles. The fraction of sp³-hybridized carbons (Fsp3) is 1.00. The quantitative estimate of drug-likeness (QED) is 0.0673. The molecular weight excluding hydrogens is 594 g/mol. The molecule has 0 aromatic carbocycles. The summed E-state index contributed by atoms with van der Waals surface area (Å²) >= 11 is 1.64. The number of hydrogen-bond acceptors (Lipinski definition) is 4. The first-order valence-electron chi connectivity index (χ1n) is 19.9. The van der Waals surface area contributed by atoms with Crippen LogP contribution in [0.2, 0.25) is 21.1 Å². The molecule has 0 aliphatic heterocycles. The van der Waals surface area contributed by atoms with Gasteiger partial charge in [0.15, 0.2) is 0 Å². The Morgan fingerprint density at radius 3 is 0.717 bits per heavy atom. The van der Waals surface area contributed by atoms with E-state index in [0.29, 0.717) is 24.2 Å². The molecule has 0 aromatic rings. The summed E-state index contributed by atoms with van der Waals surface area (Å²) in [5.74, 6) is 0. The van der Waals surface area contributed by atoms with Gasteiger partial charge in [-0.2, -0.15) is 0 Å². The van der Waals surface area contributed by atoms with E-state index < -0.39 is 0 Å². The van der Waals surface area contributed by atoms with E-state index in [1.165, 1.54) is 34.0 Å². The Morgan fingerprint density at radius 2 is 0.587 bits per heavy atom. The first-order chi connectivity index (χ1) is 22.0. The second-order valence-corrected chi connectivity index (χ2v) is 16.4. The number of hydrogen-bond donors (Lipinski definition) is 0. The molecule has 4 atom stereocenters. The molecule has 0 amide bonds. The monoisotopic (exact) mass is 683 g/mol. The third-order valence-electron chi connectivity index (χ3n) is 8.88. The van der Waals surface area contributed by atoms with E-state index in [-0.39, 0.29) is 0 Å². The van der Waals surface area contributed by atoms with Gasteiger partial charge < -0.3 is 30.2 Å². The third-order valence-corrected chi connectivity index (χ3v) is 12.0. The Bertz CT molecular complexity index is 449. The number of likely N-dealkylation sites (N-methyl/N-ethyl adjacent to an activating group) is 4. The molecule has 0 spiro atoms. The molecule has 0 rings (SSSR count). The van der Waals surface area contributed by atoms with E-state index in [4.69, 9.17) is 10.6 Å². The summed E-state index contributed by atoms with van der Waals surface area (Å²) in [7, 11) is 0. The number of nitrogens with zero attached hydrogens (tertiary/aromatic N) is 6. The second kappa shape index (κ2) is 42.0. The molecule has 4 unspecified atom stereocenters. The standard InChI is InChI=1S/2C14H32N3.2C3H7.2C2H5.2Al/c2*1-7-16(8-2)13(5)11-15-12-14(6)17(9-3)10-4;2*1-3-2;2*1-2;;/h2*13-14H,7-12H2,1-6H3;2*1,3H2,2H3;2*1H2,2H3;;/q2*-1;;;;;2*+1. The van der Waals surface area contributed by atoms with Gasteiger partial charge >= 0.3 is 92.1 Å². The van der Waals surface area contributed by atoms with Gasteiger partial charge in [0.2, 0.25) is 0 Å². The van der Waals surface area contributed by atoms with Crippen molar-refractivity contribution in [2.45, 2.75) is 169 Å². The zero-order valence-corrected chi connectivity index (χ0v) is 37.2. The van der Waals surface area contributed by atoms with Crippen LogP contribution in [0.3, 0.4) is 0 Å². The average Bonchev–Trinajstić information content (AvgIpc) is 3.05. The first-order valence-corrected chi connectivity index (χ1v) is 23.2. The zero-order chi connectivity index (χ0) is 36.2. The van der Waals surface area contributed by atoms with Crippen LogP contribution in [0.4, 0.5) is 0 Å². The van der Waals surface area contributed by atoms with E-state index >= 15 is 0 Å². The van der Waals surface area contributed by atoms with Crippen molar-refractivity contribution < 1.29 is 0 Å². The van der Waals surface area contributed by atoms with E-state index in [1.54, 1.807) is 0 Å². The van der Waals surface area contributed by atoms with Gasteiger partial charge in [0.1, 0.15) is 0 Å². The molecule has 0 saturated carbocycles. The van der Waals surface area contributed by atoms with Crippen LogP contribution in [0.5, 0.6) is 0 Å². The average molecular weight is 683 g/mol. The van der Waals surface area contributed by atoms with Crippen molar-refractivity contribution in [3.05, 3.63) is 10.6 Å². The van der Waals surface area contributed by atoms with Crippen LogP contribution in [-0.2, 0) is 0 Å². The molecule has 0 aliphatic carbocycles. The number of rotatable bonds is 26. The molecule has 46 heavy (non-hydrogen) atoms. The maximum absolute atomic E-state index is 4.72. The summed E-state index contributed by atoms with van der Waals surface area (Å²) in [5.41, 5.74) is 0. The molecule has 0 aromatic heterocycles. The Hall–Kier alpha value is 0.825. The maximum atomic E-state index is 4.72. The topological polar surface area (TPSA) is 41.2 Å². The van der Waals surface area contributed by atoms with Gasteiger partial charge in [-0.15, -0.1) is 26.2 Å². The predicted molar refractivity (Wildman–Crippen MR) is 218 cm³/mol. The second-order valence-electron chi connectivity index (χ2n) is 12.4.